The highest BCUT2D eigenvalue weighted by atomic mass is 19.1. The number of para-hydroxylation sites is 1. The Morgan fingerprint density at radius 1 is 0.704 bits per heavy atom. The van der Waals surface area contributed by atoms with E-state index in [1.165, 1.54) is 36.4 Å². The van der Waals surface area contributed by atoms with Gasteiger partial charge in [-0.3, -0.25) is 9.59 Å². The Bertz CT molecular complexity index is 1020. The van der Waals surface area contributed by atoms with Gasteiger partial charge in [-0.05, 0) is 36.4 Å². The lowest BCUT2D eigenvalue weighted by Gasteiger charge is -2.08. The van der Waals surface area contributed by atoms with Gasteiger partial charge in [-0.25, -0.2) is 18.2 Å². The minimum absolute atomic E-state index is 0.0347. The number of hydrogen-bond donors (Lipinski definition) is 2. The van der Waals surface area contributed by atoms with Crippen LogP contribution in [0.1, 0.15) is 21.0 Å². The molecule has 2 aromatic carbocycles. The topological polar surface area (TPSA) is 71.1 Å². The van der Waals surface area contributed by atoms with Crippen LogP contribution in [0.5, 0.6) is 0 Å². The van der Waals surface area contributed by atoms with E-state index >= 15 is 0 Å². The van der Waals surface area contributed by atoms with E-state index in [2.05, 4.69) is 15.6 Å². The second kappa shape index (κ2) is 7.69. The number of benzene rings is 2. The van der Waals surface area contributed by atoms with Crippen LogP contribution in [0, 0.1) is 17.5 Å². The van der Waals surface area contributed by atoms with Crippen molar-refractivity contribution in [1.29, 1.82) is 0 Å². The summed E-state index contributed by atoms with van der Waals surface area (Å²) in [6, 6.07) is 12.3. The zero-order chi connectivity index (χ0) is 19.4. The van der Waals surface area contributed by atoms with E-state index in [4.69, 9.17) is 0 Å². The van der Waals surface area contributed by atoms with Crippen molar-refractivity contribution < 1.29 is 22.8 Å². The molecule has 0 spiro atoms. The van der Waals surface area contributed by atoms with Crippen molar-refractivity contribution in [2.24, 2.45) is 0 Å². The maximum atomic E-state index is 13.6. The molecule has 0 fully saturated rings. The van der Waals surface area contributed by atoms with Gasteiger partial charge in [-0.2, -0.15) is 0 Å². The highest BCUT2D eigenvalue weighted by Gasteiger charge is 2.15. The normalized spacial score (nSPS) is 10.3. The second-order valence-corrected chi connectivity index (χ2v) is 5.42. The molecule has 1 aromatic heterocycles. The average molecular weight is 371 g/mol. The van der Waals surface area contributed by atoms with E-state index in [0.29, 0.717) is 6.07 Å². The highest BCUT2D eigenvalue weighted by Crippen LogP contribution is 2.16. The van der Waals surface area contributed by atoms with Gasteiger partial charge in [-0.1, -0.05) is 18.2 Å². The summed E-state index contributed by atoms with van der Waals surface area (Å²) < 4.78 is 40.2. The van der Waals surface area contributed by atoms with Crippen molar-refractivity contribution in [3.63, 3.8) is 0 Å². The van der Waals surface area contributed by atoms with E-state index in [0.717, 1.165) is 12.1 Å². The molecule has 0 bridgehead atoms. The molecule has 0 aliphatic rings. The van der Waals surface area contributed by atoms with E-state index in [1.54, 1.807) is 6.07 Å². The predicted molar refractivity (Wildman–Crippen MR) is 92.9 cm³/mol. The van der Waals surface area contributed by atoms with Crippen LogP contribution in [0.2, 0.25) is 0 Å². The molecule has 27 heavy (non-hydrogen) atoms. The van der Waals surface area contributed by atoms with Crippen molar-refractivity contribution in [3.05, 3.63) is 89.5 Å². The number of hydrogen-bond acceptors (Lipinski definition) is 3. The lowest BCUT2D eigenvalue weighted by Crippen LogP contribution is -2.19. The minimum Gasteiger partial charge on any atom is -0.318 e. The summed E-state index contributed by atoms with van der Waals surface area (Å²) in [5.41, 5.74) is -0.567. The van der Waals surface area contributed by atoms with Gasteiger partial charge in [0.25, 0.3) is 11.8 Å². The molecule has 0 unspecified atom stereocenters. The molecule has 5 nitrogen and oxygen atoms in total. The van der Waals surface area contributed by atoms with Crippen molar-refractivity contribution in [1.82, 2.24) is 4.98 Å². The van der Waals surface area contributed by atoms with Gasteiger partial charge in [0.15, 0.2) is 0 Å². The van der Waals surface area contributed by atoms with Crippen molar-refractivity contribution >= 4 is 23.2 Å². The predicted octanol–water partition coefficient (Wildman–Crippen LogP) is 4.00. The quantitative estimate of drug-likeness (QED) is 0.728. The fourth-order valence-electron chi connectivity index (χ4n) is 2.21. The average Bonchev–Trinajstić information content (AvgIpc) is 2.66. The van der Waals surface area contributed by atoms with Crippen molar-refractivity contribution in [2.75, 3.05) is 10.6 Å². The SMILES string of the molecule is O=C(Nc1ccccc1F)c1cccc(C(=O)Nc2ccc(F)cc2F)n1. The standard InChI is InChI=1S/C19H12F3N3O2/c20-11-8-9-15(13(22)10-11)25-19(27)17-7-3-6-16(23-17)18(26)24-14-5-2-1-4-12(14)21/h1-10H,(H,24,26)(H,25,27). The van der Waals surface area contributed by atoms with E-state index in [9.17, 15) is 22.8 Å². The molecule has 2 amide bonds. The van der Waals surface area contributed by atoms with Crippen LogP contribution in [0.25, 0.3) is 0 Å². The fourth-order valence-corrected chi connectivity index (χ4v) is 2.21. The maximum Gasteiger partial charge on any atom is 0.274 e. The Balaban J connectivity index is 1.77. The number of amides is 2. The Labute approximate surface area is 151 Å². The molecule has 0 aliphatic carbocycles. The fraction of sp³-hybridized carbons (Fsp3) is 0. The van der Waals surface area contributed by atoms with Crippen LogP contribution < -0.4 is 10.6 Å². The number of pyridine rings is 1. The molecule has 0 radical (unpaired) electrons. The number of anilines is 2. The maximum absolute atomic E-state index is 13.6. The first kappa shape index (κ1) is 18.1. The summed E-state index contributed by atoms with van der Waals surface area (Å²) >= 11 is 0. The number of carbonyl (C=O) groups excluding carboxylic acids is 2. The molecule has 0 saturated heterocycles. The molecular formula is C19H12F3N3O2. The first-order valence-electron chi connectivity index (χ1n) is 7.73. The number of rotatable bonds is 4. The summed E-state index contributed by atoms with van der Waals surface area (Å²) in [4.78, 5) is 28.3. The summed E-state index contributed by atoms with van der Waals surface area (Å²) in [6.07, 6.45) is 0. The minimum atomic E-state index is -0.947. The van der Waals surface area contributed by atoms with Gasteiger partial charge in [0.2, 0.25) is 0 Å². The van der Waals surface area contributed by atoms with Crippen LogP contribution in [0.4, 0.5) is 24.5 Å². The molecule has 3 rings (SSSR count). The molecule has 8 heteroatoms. The Kier molecular flexibility index (Phi) is 5.16. The number of aromatic nitrogens is 1. The Morgan fingerprint density at radius 2 is 1.30 bits per heavy atom. The molecule has 0 atom stereocenters. The lowest BCUT2D eigenvalue weighted by atomic mass is 10.2. The highest BCUT2D eigenvalue weighted by molar-refractivity contribution is 6.06. The smallest absolute Gasteiger partial charge is 0.274 e. The number of halogens is 3. The third-order valence-electron chi connectivity index (χ3n) is 3.52. The molecule has 0 saturated carbocycles. The number of nitrogens with zero attached hydrogens (tertiary/aromatic N) is 1. The van der Waals surface area contributed by atoms with Crippen molar-refractivity contribution in [2.45, 2.75) is 0 Å². The molecule has 2 N–H and O–H groups in total. The van der Waals surface area contributed by atoms with Gasteiger partial charge in [-0.15, -0.1) is 0 Å². The van der Waals surface area contributed by atoms with Crippen LogP contribution in [-0.4, -0.2) is 16.8 Å². The molecular weight excluding hydrogens is 359 g/mol. The Hall–Kier alpha value is -3.68. The lowest BCUT2D eigenvalue weighted by molar-refractivity contribution is 0.101. The first-order chi connectivity index (χ1) is 12.9. The van der Waals surface area contributed by atoms with E-state index in [1.807, 2.05) is 0 Å². The van der Waals surface area contributed by atoms with E-state index in [-0.39, 0.29) is 22.8 Å². The van der Waals surface area contributed by atoms with Crippen LogP contribution in [0.15, 0.2) is 60.7 Å². The Morgan fingerprint density at radius 3 is 1.89 bits per heavy atom. The van der Waals surface area contributed by atoms with Gasteiger partial charge < -0.3 is 10.6 Å². The second-order valence-electron chi connectivity index (χ2n) is 5.42. The molecule has 136 valence electrons. The van der Waals surface area contributed by atoms with Crippen molar-refractivity contribution in [3.8, 4) is 0 Å². The van der Waals surface area contributed by atoms with E-state index < -0.39 is 29.3 Å². The summed E-state index contributed by atoms with van der Waals surface area (Å²) in [5.74, 6) is -3.86. The third-order valence-corrected chi connectivity index (χ3v) is 3.52. The summed E-state index contributed by atoms with van der Waals surface area (Å²) in [6.45, 7) is 0. The molecule has 0 aliphatic heterocycles. The zero-order valence-corrected chi connectivity index (χ0v) is 13.7. The monoisotopic (exact) mass is 371 g/mol. The summed E-state index contributed by atoms with van der Waals surface area (Å²) in [7, 11) is 0. The third kappa shape index (κ3) is 4.30. The van der Waals surface area contributed by atoms with Gasteiger partial charge in [0.1, 0.15) is 28.8 Å². The van der Waals surface area contributed by atoms with Crippen LogP contribution in [-0.2, 0) is 0 Å². The van der Waals surface area contributed by atoms with Gasteiger partial charge in [0, 0.05) is 6.07 Å². The number of nitrogens with one attached hydrogen (secondary N) is 2. The van der Waals surface area contributed by atoms with Crippen LogP contribution >= 0.6 is 0 Å². The van der Waals surface area contributed by atoms with Crippen LogP contribution in [0.3, 0.4) is 0 Å². The van der Waals surface area contributed by atoms with Gasteiger partial charge >= 0.3 is 0 Å². The molecule has 3 aromatic rings. The van der Waals surface area contributed by atoms with Gasteiger partial charge in [0.05, 0.1) is 11.4 Å². The summed E-state index contributed by atoms with van der Waals surface area (Å²) in [5, 5.41) is 4.59. The molecule has 1 heterocycles. The largest absolute Gasteiger partial charge is 0.318 e. The zero-order valence-electron chi connectivity index (χ0n) is 13.7. The number of carbonyl (C=O) groups is 2. The first-order valence-corrected chi connectivity index (χ1v) is 7.73.